The normalized spacial score (nSPS) is 10.3. The molecule has 0 aliphatic heterocycles. The number of nitrogens with one attached hydrogen (secondary N) is 1. The van der Waals surface area contributed by atoms with Crippen LogP contribution in [0.25, 0.3) is 22.3 Å². The van der Waals surface area contributed by atoms with Crippen molar-refractivity contribution in [2.75, 3.05) is 19.5 Å². The highest BCUT2D eigenvalue weighted by Gasteiger charge is 2.30. The van der Waals surface area contributed by atoms with Crippen molar-refractivity contribution in [3.63, 3.8) is 0 Å². The summed E-state index contributed by atoms with van der Waals surface area (Å²) in [7, 11) is 2.47. The predicted molar refractivity (Wildman–Crippen MR) is 134 cm³/mol. The maximum atomic E-state index is 13.2. The molecule has 1 amide bonds. The lowest BCUT2D eigenvalue weighted by Gasteiger charge is -2.21. The summed E-state index contributed by atoms with van der Waals surface area (Å²) < 4.78 is 10.1. The van der Waals surface area contributed by atoms with Crippen LogP contribution in [0.3, 0.4) is 0 Å². The van der Waals surface area contributed by atoms with Crippen LogP contribution in [0.2, 0.25) is 0 Å². The first-order valence-electron chi connectivity index (χ1n) is 10.9. The quantitative estimate of drug-likeness (QED) is 0.362. The number of esters is 2. The second kappa shape index (κ2) is 10.5. The van der Waals surface area contributed by atoms with Crippen molar-refractivity contribution < 1.29 is 23.9 Å². The second-order valence-electron chi connectivity index (χ2n) is 7.63. The molecule has 4 aromatic carbocycles. The van der Waals surface area contributed by atoms with Crippen LogP contribution in [0.5, 0.6) is 0 Å². The topological polar surface area (TPSA) is 81.7 Å². The van der Waals surface area contributed by atoms with Crippen molar-refractivity contribution in [2.45, 2.75) is 0 Å². The van der Waals surface area contributed by atoms with E-state index >= 15 is 0 Å². The summed E-state index contributed by atoms with van der Waals surface area (Å²) >= 11 is 0. The highest BCUT2D eigenvalue weighted by molar-refractivity contribution is 6.17. The maximum Gasteiger partial charge on any atom is 0.340 e. The van der Waals surface area contributed by atoms with E-state index in [4.69, 9.17) is 9.47 Å². The zero-order valence-electron chi connectivity index (χ0n) is 19.3. The Hall–Kier alpha value is -4.71. The summed E-state index contributed by atoms with van der Waals surface area (Å²) in [6, 6.07) is 28.9. The summed E-state index contributed by atoms with van der Waals surface area (Å²) in [5.41, 5.74) is 2.98. The van der Waals surface area contributed by atoms with Gasteiger partial charge in [0.15, 0.2) is 0 Å². The molecule has 0 spiro atoms. The van der Waals surface area contributed by atoms with Gasteiger partial charge in [-0.25, -0.2) is 9.59 Å². The first kappa shape index (κ1) is 23.4. The zero-order chi connectivity index (χ0) is 24.8. The number of carbonyl (C=O) groups is 3. The average Bonchev–Trinajstić information content (AvgIpc) is 2.93. The summed E-state index contributed by atoms with van der Waals surface area (Å²) in [4.78, 5) is 39.4. The molecule has 0 atom stereocenters. The lowest BCUT2D eigenvalue weighted by molar-refractivity contribution is 0.0556. The number of ether oxygens (including phenoxy) is 2. The molecule has 4 aromatic rings. The maximum absolute atomic E-state index is 13.2. The van der Waals surface area contributed by atoms with Gasteiger partial charge in [-0.3, -0.25) is 4.79 Å². The SMILES string of the molecule is COC(=O)c1c(-c2ccccc2)cc(-c2ccccc2)c(NC(=O)c2ccccc2)c1C(=O)OC. The van der Waals surface area contributed by atoms with Crippen molar-refractivity contribution >= 4 is 23.5 Å². The van der Waals surface area contributed by atoms with Crippen LogP contribution >= 0.6 is 0 Å². The fraction of sp³-hybridized carbons (Fsp3) is 0.0690. The van der Waals surface area contributed by atoms with Crippen molar-refractivity contribution in [3.8, 4) is 22.3 Å². The molecule has 174 valence electrons. The molecule has 0 aromatic heterocycles. The monoisotopic (exact) mass is 465 g/mol. The van der Waals surface area contributed by atoms with Gasteiger partial charge in [0.2, 0.25) is 0 Å². The summed E-state index contributed by atoms with van der Waals surface area (Å²) in [6.07, 6.45) is 0. The molecule has 0 saturated heterocycles. The van der Waals surface area contributed by atoms with E-state index in [0.717, 1.165) is 5.56 Å². The first-order valence-corrected chi connectivity index (χ1v) is 10.9. The van der Waals surface area contributed by atoms with E-state index in [2.05, 4.69) is 5.32 Å². The molecule has 6 nitrogen and oxygen atoms in total. The fourth-order valence-electron chi connectivity index (χ4n) is 3.90. The Morgan fingerprint density at radius 1 is 0.600 bits per heavy atom. The molecular formula is C29H23NO5. The number of hydrogen-bond acceptors (Lipinski definition) is 5. The van der Waals surface area contributed by atoms with Crippen LogP contribution in [0.1, 0.15) is 31.1 Å². The third kappa shape index (κ3) is 4.82. The minimum atomic E-state index is -0.774. The number of anilines is 1. The van der Waals surface area contributed by atoms with E-state index in [1.54, 1.807) is 36.4 Å². The smallest absolute Gasteiger partial charge is 0.340 e. The van der Waals surface area contributed by atoms with Crippen LogP contribution in [0.4, 0.5) is 5.69 Å². The highest BCUT2D eigenvalue weighted by atomic mass is 16.5. The van der Waals surface area contributed by atoms with Crippen LogP contribution in [-0.2, 0) is 9.47 Å². The van der Waals surface area contributed by atoms with Gasteiger partial charge < -0.3 is 14.8 Å². The lowest BCUT2D eigenvalue weighted by atomic mass is 9.88. The second-order valence-corrected chi connectivity index (χ2v) is 7.63. The van der Waals surface area contributed by atoms with Gasteiger partial charge in [-0.1, -0.05) is 78.9 Å². The molecular weight excluding hydrogens is 442 g/mol. The third-order valence-corrected chi connectivity index (χ3v) is 5.55. The molecule has 4 rings (SSSR count). The summed E-state index contributed by atoms with van der Waals surface area (Å²) in [5, 5.41) is 2.86. The number of hydrogen-bond donors (Lipinski definition) is 1. The van der Waals surface area contributed by atoms with E-state index in [9.17, 15) is 14.4 Å². The van der Waals surface area contributed by atoms with E-state index in [-0.39, 0.29) is 16.8 Å². The Morgan fingerprint density at radius 3 is 1.57 bits per heavy atom. The average molecular weight is 466 g/mol. The van der Waals surface area contributed by atoms with E-state index < -0.39 is 17.8 Å². The standard InChI is InChI=1S/C29H23NO5/c1-34-28(32)24-22(19-12-6-3-7-13-19)18-23(20-14-8-4-9-15-20)26(25(24)29(33)35-2)30-27(31)21-16-10-5-11-17-21/h3-18H,1-2H3,(H,30,31). The van der Waals surface area contributed by atoms with Gasteiger partial charge in [-0.2, -0.15) is 0 Å². The summed E-state index contributed by atoms with van der Waals surface area (Å²) in [5.74, 6) is -1.93. The van der Waals surface area contributed by atoms with Gasteiger partial charge in [-0.05, 0) is 34.9 Å². The molecule has 0 radical (unpaired) electrons. The van der Waals surface area contributed by atoms with Gasteiger partial charge in [0.25, 0.3) is 5.91 Å². The van der Waals surface area contributed by atoms with Crippen molar-refractivity contribution in [1.29, 1.82) is 0 Å². The third-order valence-electron chi connectivity index (χ3n) is 5.55. The van der Waals surface area contributed by atoms with Gasteiger partial charge in [-0.15, -0.1) is 0 Å². The number of benzene rings is 4. The van der Waals surface area contributed by atoms with Crippen LogP contribution in [0, 0.1) is 0 Å². The van der Waals surface area contributed by atoms with Gasteiger partial charge in [0.1, 0.15) is 0 Å². The molecule has 6 heteroatoms. The van der Waals surface area contributed by atoms with Crippen molar-refractivity contribution in [2.24, 2.45) is 0 Å². The molecule has 0 heterocycles. The van der Waals surface area contributed by atoms with E-state index in [1.165, 1.54) is 14.2 Å². The molecule has 0 aliphatic rings. The molecule has 0 unspecified atom stereocenters. The van der Waals surface area contributed by atoms with Gasteiger partial charge >= 0.3 is 11.9 Å². The number of rotatable bonds is 6. The fourth-order valence-corrected chi connectivity index (χ4v) is 3.90. The van der Waals surface area contributed by atoms with Crippen LogP contribution in [0.15, 0.2) is 97.1 Å². The van der Waals surface area contributed by atoms with Crippen molar-refractivity contribution in [1.82, 2.24) is 0 Å². The Balaban J connectivity index is 2.08. The van der Waals surface area contributed by atoms with Gasteiger partial charge in [0, 0.05) is 11.1 Å². The molecule has 0 fully saturated rings. The largest absolute Gasteiger partial charge is 0.465 e. The minimum Gasteiger partial charge on any atom is -0.465 e. The number of methoxy groups -OCH3 is 2. The Kier molecular flexibility index (Phi) is 7.02. The number of amides is 1. The van der Waals surface area contributed by atoms with Crippen LogP contribution < -0.4 is 5.32 Å². The van der Waals surface area contributed by atoms with Gasteiger partial charge in [0.05, 0.1) is 31.0 Å². The number of carbonyl (C=O) groups excluding carboxylic acids is 3. The zero-order valence-corrected chi connectivity index (χ0v) is 19.3. The molecule has 35 heavy (non-hydrogen) atoms. The first-order chi connectivity index (χ1) is 17.0. The Labute approximate surface area is 203 Å². The molecule has 1 N–H and O–H groups in total. The minimum absolute atomic E-state index is 0.00796. The van der Waals surface area contributed by atoms with Crippen LogP contribution in [-0.4, -0.2) is 32.1 Å². The van der Waals surface area contributed by atoms with E-state index in [1.807, 2.05) is 60.7 Å². The molecule has 0 saturated carbocycles. The molecule has 0 bridgehead atoms. The highest BCUT2D eigenvalue weighted by Crippen LogP contribution is 2.40. The van der Waals surface area contributed by atoms with Crippen molar-refractivity contribution in [3.05, 3.63) is 114 Å². The predicted octanol–water partition coefficient (Wildman–Crippen LogP) is 5.85. The Morgan fingerprint density at radius 2 is 1.06 bits per heavy atom. The molecule has 0 aliphatic carbocycles. The Bertz CT molecular complexity index is 1370. The lowest BCUT2D eigenvalue weighted by Crippen LogP contribution is -2.20. The van der Waals surface area contributed by atoms with E-state index in [0.29, 0.717) is 22.3 Å². The summed E-state index contributed by atoms with van der Waals surface area (Å²) in [6.45, 7) is 0.